The number of allylic oxidation sites excluding steroid dienone is 4. The van der Waals surface area contributed by atoms with Gasteiger partial charge in [-0.3, -0.25) is 18.6 Å². The maximum atomic E-state index is 12.7. The van der Waals surface area contributed by atoms with E-state index in [-0.39, 0.29) is 32.0 Å². The molecule has 54 heavy (non-hydrogen) atoms. The number of likely N-dealkylation sites (N-methyl/N-ethyl adjacent to an activating group) is 1. The highest BCUT2D eigenvalue weighted by Crippen LogP contribution is 2.43. The molecule has 0 radical (unpaired) electrons. The molecule has 0 spiro atoms. The maximum Gasteiger partial charge on any atom is 0.472 e. The van der Waals surface area contributed by atoms with Crippen molar-refractivity contribution in [3.63, 3.8) is 0 Å². The zero-order chi connectivity index (χ0) is 40.0. The zero-order valence-corrected chi connectivity index (χ0v) is 36.6. The van der Waals surface area contributed by atoms with Crippen LogP contribution in [0.5, 0.6) is 0 Å². The normalized spacial score (nSPS) is 13.8. The van der Waals surface area contributed by atoms with Gasteiger partial charge in [-0.1, -0.05) is 141 Å². The minimum absolute atomic E-state index is 0.0312. The van der Waals surface area contributed by atoms with Crippen LogP contribution in [0.15, 0.2) is 24.3 Å². The molecule has 0 amide bonds. The van der Waals surface area contributed by atoms with Crippen LogP contribution in [-0.4, -0.2) is 74.9 Å². The van der Waals surface area contributed by atoms with E-state index in [2.05, 4.69) is 38.2 Å². The highest BCUT2D eigenvalue weighted by Gasteiger charge is 2.27. The molecule has 0 saturated heterocycles. The highest BCUT2D eigenvalue weighted by atomic mass is 31.2. The number of hydrogen-bond acceptors (Lipinski definition) is 7. The molecule has 10 heteroatoms. The van der Waals surface area contributed by atoms with E-state index in [1.165, 1.54) is 103 Å². The fourth-order valence-corrected chi connectivity index (χ4v) is 6.69. The van der Waals surface area contributed by atoms with Gasteiger partial charge in [0.25, 0.3) is 0 Å². The highest BCUT2D eigenvalue weighted by molar-refractivity contribution is 7.47. The standard InChI is InChI=1S/C44H84NO8P/c1-6-8-10-12-14-16-18-20-21-22-23-25-27-29-31-33-35-37-44(47)53-42(41-52-54(48,49)51-39-38-45(3,4)5)40-50-43(46)36-34-32-30-28-26-24-19-17-15-13-11-9-7-2/h16-19,42H,6-15,20-41H2,1-5H3/p+1/b18-16+,19-17+/t42-/m1/s1. The summed E-state index contributed by atoms with van der Waals surface area (Å²) >= 11 is 0. The third-order valence-electron chi connectivity index (χ3n) is 9.45. The van der Waals surface area contributed by atoms with Crippen molar-refractivity contribution in [2.24, 2.45) is 0 Å². The molecule has 0 bridgehead atoms. The van der Waals surface area contributed by atoms with Gasteiger partial charge in [-0.15, -0.1) is 0 Å². The predicted octanol–water partition coefficient (Wildman–Crippen LogP) is 12.4. The van der Waals surface area contributed by atoms with Crippen LogP contribution in [0.25, 0.3) is 0 Å². The third-order valence-corrected chi connectivity index (χ3v) is 10.4. The van der Waals surface area contributed by atoms with Crippen LogP contribution in [0, 0.1) is 0 Å². The first kappa shape index (κ1) is 52.5. The predicted molar refractivity (Wildman–Crippen MR) is 224 cm³/mol. The Labute approximate surface area is 332 Å². The van der Waals surface area contributed by atoms with Crippen LogP contribution in [0.2, 0.25) is 0 Å². The number of esters is 2. The van der Waals surface area contributed by atoms with Crippen molar-refractivity contribution in [3.05, 3.63) is 24.3 Å². The van der Waals surface area contributed by atoms with Crippen molar-refractivity contribution in [1.82, 2.24) is 0 Å². The first-order valence-electron chi connectivity index (χ1n) is 22.1. The quantitative estimate of drug-likeness (QED) is 0.0215. The molecule has 0 aromatic heterocycles. The summed E-state index contributed by atoms with van der Waals surface area (Å²) in [4.78, 5) is 35.3. The van der Waals surface area contributed by atoms with Gasteiger partial charge in [0.15, 0.2) is 6.10 Å². The summed E-state index contributed by atoms with van der Waals surface area (Å²) < 4.78 is 34.3. The van der Waals surface area contributed by atoms with Crippen LogP contribution in [0.4, 0.5) is 0 Å². The molecule has 0 rings (SSSR count). The lowest BCUT2D eigenvalue weighted by Gasteiger charge is -2.24. The monoisotopic (exact) mass is 787 g/mol. The number of rotatable bonds is 40. The molecule has 0 aromatic rings. The van der Waals surface area contributed by atoms with E-state index >= 15 is 0 Å². The molecule has 1 N–H and O–H groups in total. The number of quaternary nitrogens is 1. The summed E-state index contributed by atoms with van der Waals surface area (Å²) in [6.07, 6.45) is 39.3. The summed E-state index contributed by atoms with van der Waals surface area (Å²) in [6.45, 7) is 4.39. The molecule has 2 atom stereocenters. The van der Waals surface area contributed by atoms with Gasteiger partial charge in [0.05, 0.1) is 27.7 Å². The Morgan fingerprint density at radius 1 is 0.556 bits per heavy atom. The molecular formula is C44H85NO8P+. The van der Waals surface area contributed by atoms with Crippen LogP contribution < -0.4 is 0 Å². The third kappa shape index (κ3) is 40.2. The summed E-state index contributed by atoms with van der Waals surface area (Å²) in [5, 5.41) is 0. The number of unbranched alkanes of at least 4 members (excludes halogenated alkanes) is 22. The Bertz CT molecular complexity index is 980. The van der Waals surface area contributed by atoms with Crippen molar-refractivity contribution in [1.29, 1.82) is 0 Å². The molecule has 0 aliphatic rings. The van der Waals surface area contributed by atoms with Gasteiger partial charge < -0.3 is 18.9 Å². The Morgan fingerprint density at radius 3 is 1.37 bits per heavy atom. The number of hydrogen-bond donors (Lipinski definition) is 1. The van der Waals surface area contributed by atoms with Gasteiger partial charge in [0, 0.05) is 12.8 Å². The van der Waals surface area contributed by atoms with Crippen LogP contribution >= 0.6 is 7.82 Å². The van der Waals surface area contributed by atoms with E-state index in [1.807, 2.05) is 21.1 Å². The first-order chi connectivity index (χ1) is 26.0. The average Bonchev–Trinajstić information content (AvgIpc) is 3.12. The first-order valence-corrected chi connectivity index (χ1v) is 23.6. The Balaban J connectivity index is 4.35. The molecule has 0 heterocycles. The number of carbonyl (C=O) groups is 2. The minimum atomic E-state index is -4.37. The lowest BCUT2D eigenvalue weighted by atomic mass is 10.1. The Kier molecular flexibility index (Phi) is 36.1. The number of nitrogens with zero attached hydrogens (tertiary/aromatic N) is 1. The number of phosphoric ester groups is 1. The molecule has 0 aliphatic carbocycles. The Morgan fingerprint density at radius 2 is 0.944 bits per heavy atom. The molecule has 0 aliphatic heterocycles. The van der Waals surface area contributed by atoms with E-state index < -0.39 is 26.5 Å². The molecular weight excluding hydrogens is 701 g/mol. The van der Waals surface area contributed by atoms with E-state index in [1.54, 1.807) is 0 Å². The average molecular weight is 787 g/mol. The van der Waals surface area contributed by atoms with Gasteiger partial charge in [-0.05, 0) is 64.2 Å². The van der Waals surface area contributed by atoms with Crippen molar-refractivity contribution >= 4 is 19.8 Å². The lowest BCUT2D eigenvalue weighted by molar-refractivity contribution is -0.870. The summed E-state index contributed by atoms with van der Waals surface area (Å²) in [5.41, 5.74) is 0. The molecule has 318 valence electrons. The van der Waals surface area contributed by atoms with Gasteiger partial charge in [0.1, 0.15) is 19.8 Å². The van der Waals surface area contributed by atoms with Gasteiger partial charge in [-0.2, -0.15) is 0 Å². The SMILES string of the molecule is CCCCCC/C=C/CCCCCCCCCCCC(=O)O[C@H](COC(=O)CCCCCCC/C=C/CCCCCC)COP(=O)(O)OCC[N+](C)(C)C. The van der Waals surface area contributed by atoms with E-state index in [4.69, 9.17) is 18.5 Å². The number of carbonyl (C=O) groups excluding carboxylic acids is 2. The summed E-state index contributed by atoms with van der Waals surface area (Å²) in [6, 6.07) is 0. The zero-order valence-electron chi connectivity index (χ0n) is 35.7. The van der Waals surface area contributed by atoms with E-state index in [0.29, 0.717) is 17.4 Å². The molecule has 0 aromatic carbocycles. The van der Waals surface area contributed by atoms with Gasteiger partial charge >= 0.3 is 19.8 Å². The second-order valence-corrected chi connectivity index (χ2v) is 17.5. The summed E-state index contributed by atoms with van der Waals surface area (Å²) in [5.74, 6) is -0.807. The largest absolute Gasteiger partial charge is 0.472 e. The van der Waals surface area contributed by atoms with Crippen molar-refractivity contribution in [3.8, 4) is 0 Å². The van der Waals surface area contributed by atoms with E-state index in [0.717, 1.165) is 57.8 Å². The van der Waals surface area contributed by atoms with Crippen molar-refractivity contribution < 1.29 is 42.1 Å². The maximum absolute atomic E-state index is 12.7. The van der Waals surface area contributed by atoms with Crippen LogP contribution in [-0.2, 0) is 32.7 Å². The van der Waals surface area contributed by atoms with Crippen LogP contribution in [0.1, 0.15) is 194 Å². The lowest BCUT2D eigenvalue weighted by Crippen LogP contribution is -2.37. The van der Waals surface area contributed by atoms with Gasteiger partial charge in [0.2, 0.25) is 0 Å². The fourth-order valence-electron chi connectivity index (χ4n) is 5.94. The molecule has 9 nitrogen and oxygen atoms in total. The van der Waals surface area contributed by atoms with Crippen molar-refractivity contribution in [2.45, 2.75) is 200 Å². The molecule has 0 saturated carbocycles. The Hall–Kier alpha value is -1.51. The smallest absolute Gasteiger partial charge is 0.462 e. The van der Waals surface area contributed by atoms with E-state index in [9.17, 15) is 19.0 Å². The second-order valence-electron chi connectivity index (χ2n) is 16.1. The molecule has 0 fully saturated rings. The van der Waals surface area contributed by atoms with Crippen molar-refractivity contribution in [2.75, 3.05) is 47.5 Å². The fraction of sp³-hybridized carbons (Fsp3) is 0.864. The second kappa shape index (κ2) is 37.1. The van der Waals surface area contributed by atoms with Gasteiger partial charge in [-0.25, -0.2) is 4.57 Å². The molecule has 1 unspecified atom stereocenters. The minimum Gasteiger partial charge on any atom is -0.462 e. The number of ether oxygens (including phenoxy) is 2. The summed E-state index contributed by atoms with van der Waals surface area (Å²) in [7, 11) is 1.47. The topological polar surface area (TPSA) is 108 Å². The van der Waals surface area contributed by atoms with Crippen LogP contribution in [0.3, 0.4) is 0 Å². The number of phosphoric acid groups is 1.